The van der Waals surface area contributed by atoms with Crippen molar-refractivity contribution >= 4 is 47.2 Å². The molecule has 1 aromatic heterocycles. The highest BCUT2D eigenvalue weighted by atomic mass is 127. The van der Waals surface area contributed by atoms with E-state index in [-0.39, 0.29) is 36.0 Å². The van der Waals surface area contributed by atoms with Crippen molar-refractivity contribution in [2.75, 3.05) is 26.8 Å². The Morgan fingerprint density at radius 3 is 2.69 bits per heavy atom. The van der Waals surface area contributed by atoms with Gasteiger partial charge in [0.05, 0.1) is 31.6 Å². The molecule has 2 aromatic rings. The number of guanidine groups is 1. The number of aliphatic imine (C=N–C) groups is 1. The van der Waals surface area contributed by atoms with E-state index in [0.717, 1.165) is 10.6 Å². The smallest absolute Gasteiger partial charge is 0.350 e. The van der Waals surface area contributed by atoms with Gasteiger partial charge in [-0.2, -0.15) is 0 Å². The summed E-state index contributed by atoms with van der Waals surface area (Å²) in [5.41, 5.74) is 1.83. The van der Waals surface area contributed by atoms with Gasteiger partial charge in [-0.25, -0.2) is 9.78 Å². The molecule has 9 heteroatoms. The molecule has 2 rings (SSSR count). The second-order valence-corrected chi connectivity index (χ2v) is 7.12. The number of rotatable bonds is 9. The Bertz CT molecular complexity index is 783. The first-order valence-corrected chi connectivity index (χ1v) is 10.1. The Labute approximate surface area is 193 Å². The summed E-state index contributed by atoms with van der Waals surface area (Å²) < 4.78 is 10.7. The summed E-state index contributed by atoms with van der Waals surface area (Å²) in [4.78, 5) is 21.2. The van der Waals surface area contributed by atoms with Crippen molar-refractivity contribution in [3.05, 3.63) is 51.5 Å². The van der Waals surface area contributed by atoms with Crippen LogP contribution in [0.5, 0.6) is 0 Å². The van der Waals surface area contributed by atoms with Gasteiger partial charge in [-0.3, -0.25) is 4.99 Å². The van der Waals surface area contributed by atoms with Gasteiger partial charge in [-0.05, 0) is 26.3 Å². The van der Waals surface area contributed by atoms with E-state index in [1.807, 2.05) is 44.2 Å². The van der Waals surface area contributed by atoms with Crippen LogP contribution in [0.25, 0.3) is 0 Å². The fraction of sp³-hybridized carbons (Fsp3) is 0.450. The zero-order valence-electron chi connectivity index (χ0n) is 17.2. The molecule has 0 aliphatic carbocycles. The van der Waals surface area contributed by atoms with Crippen LogP contribution in [0, 0.1) is 6.92 Å². The number of nitrogens with zero attached hydrogens (tertiary/aromatic N) is 2. The quantitative estimate of drug-likeness (QED) is 0.169. The van der Waals surface area contributed by atoms with E-state index in [1.165, 1.54) is 11.3 Å². The first-order valence-electron chi connectivity index (χ1n) is 9.28. The summed E-state index contributed by atoms with van der Waals surface area (Å²) in [5.74, 6) is 0.329. The lowest BCUT2D eigenvalue weighted by Crippen LogP contribution is -2.40. The van der Waals surface area contributed by atoms with Gasteiger partial charge in [0.15, 0.2) is 5.96 Å². The van der Waals surface area contributed by atoms with Gasteiger partial charge in [-0.1, -0.05) is 30.3 Å². The Morgan fingerprint density at radius 2 is 2.03 bits per heavy atom. The number of thiazole rings is 1. The Hall–Kier alpha value is -1.72. The van der Waals surface area contributed by atoms with Crippen LogP contribution in [0.15, 0.2) is 35.3 Å². The molecule has 0 saturated heterocycles. The summed E-state index contributed by atoms with van der Waals surface area (Å²) in [6.07, 6.45) is 0. The number of carbonyl (C=O) groups excluding carboxylic acids is 1. The fourth-order valence-electron chi connectivity index (χ4n) is 2.46. The second kappa shape index (κ2) is 13.5. The molecule has 0 fully saturated rings. The number of carbonyl (C=O) groups is 1. The molecule has 0 radical (unpaired) electrons. The van der Waals surface area contributed by atoms with Crippen molar-refractivity contribution in [1.82, 2.24) is 15.6 Å². The highest BCUT2D eigenvalue weighted by Gasteiger charge is 2.20. The van der Waals surface area contributed by atoms with Gasteiger partial charge in [0.25, 0.3) is 0 Å². The number of hydrogen-bond donors (Lipinski definition) is 2. The molecule has 1 atom stereocenters. The molecule has 0 bridgehead atoms. The Morgan fingerprint density at radius 1 is 1.31 bits per heavy atom. The van der Waals surface area contributed by atoms with Crippen LogP contribution in [-0.2, 0) is 16.1 Å². The Kier molecular flexibility index (Phi) is 11.8. The molecule has 7 nitrogen and oxygen atoms in total. The highest BCUT2D eigenvalue weighted by molar-refractivity contribution is 14.0. The van der Waals surface area contributed by atoms with Crippen LogP contribution in [0.3, 0.4) is 0 Å². The van der Waals surface area contributed by atoms with Crippen molar-refractivity contribution < 1.29 is 14.3 Å². The average molecular weight is 532 g/mol. The van der Waals surface area contributed by atoms with Gasteiger partial charge in [-0.15, -0.1) is 35.3 Å². The minimum atomic E-state index is -0.325. The molecular weight excluding hydrogens is 503 g/mol. The van der Waals surface area contributed by atoms with E-state index in [0.29, 0.717) is 42.9 Å². The lowest BCUT2D eigenvalue weighted by atomic mass is 10.2. The van der Waals surface area contributed by atoms with Crippen LogP contribution in [0.2, 0.25) is 0 Å². The van der Waals surface area contributed by atoms with Gasteiger partial charge in [0.2, 0.25) is 0 Å². The molecule has 2 N–H and O–H groups in total. The van der Waals surface area contributed by atoms with E-state index in [9.17, 15) is 4.79 Å². The van der Waals surface area contributed by atoms with Gasteiger partial charge in [0, 0.05) is 13.6 Å². The number of halogens is 1. The third-order valence-electron chi connectivity index (χ3n) is 3.87. The number of benzene rings is 1. The van der Waals surface area contributed by atoms with E-state index >= 15 is 0 Å². The first-order chi connectivity index (χ1) is 13.5. The van der Waals surface area contributed by atoms with Crippen LogP contribution in [0.4, 0.5) is 0 Å². The monoisotopic (exact) mass is 532 g/mol. The summed E-state index contributed by atoms with van der Waals surface area (Å²) in [7, 11) is 1.71. The molecule has 0 aliphatic heterocycles. The van der Waals surface area contributed by atoms with Crippen molar-refractivity contribution in [3.8, 4) is 0 Å². The van der Waals surface area contributed by atoms with Crippen molar-refractivity contribution in [2.45, 2.75) is 33.4 Å². The fourth-order valence-corrected chi connectivity index (χ4v) is 3.42. The van der Waals surface area contributed by atoms with Gasteiger partial charge >= 0.3 is 5.97 Å². The lowest BCUT2D eigenvalue weighted by molar-refractivity contribution is 0.0531. The van der Waals surface area contributed by atoms with Gasteiger partial charge < -0.3 is 20.1 Å². The molecule has 160 valence electrons. The zero-order valence-corrected chi connectivity index (χ0v) is 20.4. The number of esters is 1. The molecule has 0 spiro atoms. The zero-order chi connectivity index (χ0) is 20.4. The van der Waals surface area contributed by atoms with Crippen LogP contribution in [0.1, 0.15) is 45.8 Å². The third-order valence-corrected chi connectivity index (χ3v) is 5.19. The SMILES string of the molecule is CCOC(=O)c1sc(C(C)NC(=NC)NCCOCc2ccccc2)nc1C.I. The second-order valence-electron chi connectivity index (χ2n) is 6.09. The van der Waals surface area contributed by atoms with Crippen LogP contribution in [-0.4, -0.2) is 43.7 Å². The molecule has 1 heterocycles. The third kappa shape index (κ3) is 8.27. The first kappa shape index (κ1) is 25.3. The molecule has 0 aliphatic rings. The maximum Gasteiger partial charge on any atom is 0.350 e. The summed E-state index contributed by atoms with van der Waals surface area (Å²) in [6.45, 7) is 7.71. The minimum Gasteiger partial charge on any atom is -0.462 e. The molecule has 29 heavy (non-hydrogen) atoms. The normalized spacial score (nSPS) is 12.1. The summed E-state index contributed by atoms with van der Waals surface area (Å²) in [6, 6.07) is 9.96. The number of aromatic nitrogens is 1. The maximum absolute atomic E-state index is 12.0. The van der Waals surface area contributed by atoms with E-state index < -0.39 is 0 Å². The molecule has 1 aromatic carbocycles. The van der Waals surface area contributed by atoms with Crippen molar-refractivity contribution in [1.29, 1.82) is 0 Å². The largest absolute Gasteiger partial charge is 0.462 e. The van der Waals surface area contributed by atoms with Crippen molar-refractivity contribution in [2.24, 2.45) is 4.99 Å². The lowest BCUT2D eigenvalue weighted by Gasteiger charge is -2.16. The Balaban J connectivity index is 0.00000420. The number of hydrogen-bond acceptors (Lipinski definition) is 6. The van der Waals surface area contributed by atoms with Crippen LogP contribution >= 0.6 is 35.3 Å². The molecular formula is C20H29IN4O3S. The van der Waals surface area contributed by atoms with Gasteiger partial charge in [0.1, 0.15) is 9.88 Å². The highest BCUT2D eigenvalue weighted by Crippen LogP contribution is 2.24. The summed E-state index contributed by atoms with van der Waals surface area (Å²) >= 11 is 1.34. The maximum atomic E-state index is 12.0. The number of nitrogens with one attached hydrogen (secondary N) is 2. The molecule has 0 saturated carbocycles. The summed E-state index contributed by atoms with van der Waals surface area (Å²) in [5, 5.41) is 7.31. The topological polar surface area (TPSA) is 84.8 Å². The van der Waals surface area contributed by atoms with Crippen molar-refractivity contribution in [3.63, 3.8) is 0 Å². The molecule has 0 amide bonds. The minimum absolute atomic E-state index is 0. The number of aryl methyl sites for hydroxylation is 1. The van der Waals surface area contributed by atoms with E-state index in [4.69, 9.17) is 9.47 Å². The standard InChI is InChI=1S/C20H28N4O3S.HI/c1-5-27-19(25)17-14(2)23-18(28-17)15(3)24-20(21-4)22-11-12-26-13-16-9-7-6-8-10-16;/h6-10,15H,5,11-13H2,1-4H3,(H2,21,22,24);1H. The average Bonchev–Trinajstić information content (AvgIpc) is 3.09. The van der Waals surface area contributed by atoms with Crippen LogP contribution < -0.4 is 10.6 Å². The van der Waals surface area contributed by atoms with E-state index in [1.54, 1.807) is 14.0 Å². The number of ether oxygens (including phenoxy) is 2. The predicted octanol–water partition coefficient (Wildman–Crippen LogP) is 3.69. The van der Waals surface area contributed by atoms with E-state index in [2.05, 4.69) is 20.6 Å². The predicted molar refractivity (Wildman–Crippen MR) is 127 cm³/mol. The molecule has 1 unspecified atom stereocenters.